The van der Waals surface area contributed by atoms with E-state index in [2.05, 4.69) is 28.8 Å². The lowest BCUT2D eigenvalue weighted by molar-refractivity contribution is 0.406. The smallest absolute Gasteiger partial charge is 0.271 e. The van der Waals surface area contributed by atoms with Crippen LogP contribution >= 0.6 is 22.9 Å². The lowest BCUT2D eigenvalue weighted by Crippen LogP contribution is -2.54. The van der Waals surface area contributed by atoms with Crippen LogP contribution in [0.1, 0.15) is 13.8 Å². The fourth-order valence-corrected chi connectivity index (χ4v) is 6.52. The minimum absolute atomic E-state index is 0.226. The quantitative estimate of drug-likeness (QED) is 0.504. The van der Waals surface area contributed by atoms with E-state index in [9.17, 15) is 8.42 Å². The zero-order valence-corrected chi connectivity index (χ0v) is 20.5. The fourth-order valence-electron chi connectivity index (χ4n) is 3.97. The molecule has 0 saturated carbocycles. The number of piperazine rings is 1. The molecule has 2 N–H and O–H groups in total. The highest BCUT2D eigenvalue weighted by Gasteiger charge is 2.24. The maximum absolute atomic E-state index is 13.2. The van der Waals surface area contributed by atoms with Gasteiger partial charge in [-0.1, -0.05) is 23.7 Å². The van der Waals surface area contributed by atoms with Crippen LogP contribution in [0.15, 0.2) is 58.8 Å². The van der Waals surface area contributed by atoms with Crippen LogP contribution in [0.25, 0.3) is 10.4 Å². The average Bonchev–Trinajstić information content (AvgIpc) is 3.24. The number of halogens is 1. The SMILES string of the molecule is COc1ccc(N2CC(C)NC(C)C2)cc1NS(=O)(=O)c1ccc(-c2cccc(Cl)c2)s1. The van der Waals surface area contributed by atoms with Crippen molar-refractivity contribution in [2.45, 2.75) is 30.1 Å². The van der Waals surface area contributed by atoms with Crippen LogP contribution in [0.2, 0.25) is 5.02 Å². The van der Waals surface area contributed by atoms with Crippen molar-refractivity contribution in [2.24, 2.45) is 0 Å². The van der Waals surface area contributed by atoms with Crippen molar-refractivity contribution in [2.75, 3.05) is 29.8 Å². The molecule has 2 aromatic carbocycles. The monoisotopic (exact) mass is 491 g/mol. The van der Waals surface area contributed by atoms with Gasteiger partial charge in [-0.3, -0.25) is 4.72 Å². The third kappa shape index (κ3) is 5.04. The van der Waals surface area contributed by atoms with Crippen molar-refractivity contribution >= 4 is 44.3 Å². The lowest BCUT2D eigenvalue weighted by atomic mass is 10.1. The van der Waals surface area contributed by atoms with Gasteiger partial charge in [0.25, 0.3) is 10.0 Å². The van der Waals surface area contributed by atoms with Crippen LogP contribution in [0.3, 0.4) is 0 Å². The molecule has 170 valence electrons. The largest absolute Gasteiger partial charge is 0.495 e. The molecule has 0 radical (unpaired) electrons. The predicted molar refractivity (Wildman–Crippen MR) is 133 cm³/mol. The van der Waals surface area contributed by atoms with Gasteiger partial charge in [0, 0.05) is 40.8 Å². The Balaban J connectivity index is 1.61. The molecule has 1 saturated heterocycles. The third-order valence-electron chi connectivity index (χ3n) is 5.31. The van der Waals surface area contributed by atoms with Gasteiger partial charge in [0.2, 0.25) is 0 Å². The Morgan fingerprint density at radius 2 is 1.84 bits per heavy atom. The first-order valence-corrected chi connectivity index (χ1v) is 13.0. The average molecular weight is 492 g/mol. The number of hydrogen-bond acceptors (Lipinski definition) is 6. The van der Waals surface area contributed by atoms with Crippen LogP contribution in [-0.2, 0) is 10.0 Å². The number of ether oxygens (including phenoxy) is 1. The zero-order valence-electron chi connectivity index (χ0n) is 18.1. The van der Waals surface area contributed by atoms with Crippen LogP contribution in [0.4, 0.5) is 11.4 Å². The van der Waals surface area contributed by atoms with E-state index in [0.29, 0.717) is 28.5 Å². The van der Waals surface area contributed by atoms with Crippen LogP contribution in [-0.4, -0.2) is 40.7 Å². The number of nitrogens with zero attached hydrogens (tertiary/aromatic N) is 1. The van der Waals surface area contributed by atoms with E-state index < -0.39 is 10.0 Å². The summed E-state index contributed by atoms with van der Waals surface area (Å²) in [6.45, 7) is 5.97. The summed E-state index contributed by atoms with van der Waals surface area (Å²) >= 11 is 7.28. The maximum Gasteiger partial charge on any atom is 0.271 e. The number of hydrogen-bond donors (Lipinski definition) is 2. The normalized spacial score (nSPS) is 19.1. The Bertz CT molecular complexity index is 1200. The second kappa shape index (κ2) is 9.31. The highest BCUT2D eigenvalue weighted by molar-refractivity contribution is 7.94. The first kappa shape index (κ1) is 22.9. The van der Waals surface area contributed by atoms with Gasteiger partial charge in [-0.05, 0) is 61.9 Å². The van der Waals surface area contributed by atoms with Gasteiger partial charge in [-0.25, -0.2) is 8.42 Å². The molecule has 1 aliphatic rings. The lowest BCUT2D eigenvalue weighted by Gasteiger charge is -2.38. The Morgan fingerprint density at radius 3 is 2.53 bits per heavy atom. The van der Waals surface area contributed by atoms with E-state index in [4.69, 9.17) is 16.3 Å². The minimum Gasteiger partial charge on any atom is -0.495 e. The fraction of sp³-hybridized carbons (Fsp3) is 0.304. The standard InChI is InChI=1S/C23H26ClN3O3S2/c1-15-13-27(14-16(2)25-15)19-7-8-21(30-3)20(12-19)26-32(28,29)23-10-9-22(31-23)17-5-4-6-18(24)11-17/h4-12,15-16,25-26H,13-14H2,1-3H3. The van der Waals surface area contributed by atoms with Gasteiger partial charge in [-0.2, -0.15) is 0 Å². The molecule has 1 aromatic heterocycles. The molecular formula is C23H26ClN3O3S2. The number of nitrogens with one attached hydrogen (secondary N) is 2. The second-order valence-electron chi connectivity index (χ2n) is 7.99. The molecule has 0 spiro atoms. The predicted octanol–water partition coefficient (Wildman–Crippen LogP) is 5.06. The summed E-state index contributed by atoms with van der Waals surface area (Å²) in [5.74, 6) is 0.472. The maximum atomic E-state index is 13.2. The Kier molecular flexibility index (Phi) is 6.67. The summed E-state index contributed by atoms with van der Waals surface area (Å²) in [6, 6.07) is 17.1. The molecule has 6 nitrogen and oxygen atoms in total. The molecule has 2 heterocycles. The zero-order chi connectivity index (χ0) is 22.9. The molecule has 2 atom stereocenters. The number of sulfonamides is 1. The third-order valence-corrected chi connectivity index (χ3v) is 8.53. The van der Waals surface area contributed by atoms with E-state index in [-0.39, 0.29) is 4.21 Å². The Labute approximate surface area is 198 Å². The van der Waals surface area contributed by atoms with Crippen LogP contribution in [0.5, 0.6) is 5.75 Å². The number of anilines is 2. The number of thiophene rings is 1. The summed E-state index contributed by atoms with van der Waals surface area (Å²) in [7, 11) is -2.26. The first-order valence-electron chi connectivity index (χ1n) is 10.3. The molecule has 9 heteroatoms. The number of methoxy groups -OCH3 is 1. The topological polar surface area (TPSA) is 70.7 Å². The van der Waals surface area contributed by atoms with Crippen molar-refractivity contribution in [1.82, 2.24) is 5.32 Å². The Morgan fingerprint density at radius 1 is 1.09 bits per heavy atom. The van der Waals surface area contributed by atoms with E-state index >= 15 is 0 Å². The van der Waals surface area contributed by atoms with E-state index in [0.717, 1.165) is 29.2 Å². The summed E-state index contributed by atoms with van der Waals surface area (Å²) in [4.78, 5) is 3.09. The molecule has 2 unspecified atom stereocenters. The highest BCUT2D eigenvalue weighted by atomic mass is 35.5. The van der Waals surface area contributed by atoms with Crippen molar-refractivity contribution in [1.29, 1.82) is 0 Å². The Hall–Kier alpha value is -2.26. The summed E-state index contributed by atoms with van der Waals surface area (Å²) in [5, 5.41) is 4.12. The molecule has 4 rings (SSSR count). The molecular weight excluding hydrogens is 466 g/mol. The minimum atomic E-state index is -3.79. The van der Waals surface area contributed by atoms with Gasteiger partial charge in [-0.15, -0.1) is 11.3 Å². The van der Waals surface area contributed by atoms with Gasteiger partial charge in [0.1, 0.15) is 9.96 Å². The van der Waals surface area contributed by atoms with Crippen LogP contribution < -0.4 is 19.7 Å². The molecule has 0 bridgehead atoms. The van der Waals surface area contributed by atoms with Crippen molar-refractivity contribution in [3.63, 3.8) is 0 Å². The molecule has 0 aliphatic carbocycles. The molecule has 3 aromatic rings. The first-order chi connectivity index (χ1) is 15.2. The van der Waals surface area contributed by atoms with Crippen molar-refractivity contribution in [3.8, 4) is 16.2 Å². The van der Waals surface area contributed by atoms with E-state index in [1.54, 1.807) is 24.3 Å². The summed E-state index contributed by atoms with van der Waals surface area (Å²) in [5.41, 5.74) is 2.25. The summed E-state index contributed by atoms with van der Waals surface area (Å²) in [6.07, 6.45) is 0. The highest BCUT2D eigenvalue weighted by Crippen LogP contribution is 2.36. The molecule has 0 amide bonds. The molecule has 1 aliphatic heterocycles. The number of rotatable bonds is 6. The molecule has 1 fully saturated rings. The van der Waals surface area contributed by atoms with E-state index in [1.165, 1.54) is 18.4 Å². The van der Waals surface area contributed by atoms with Crippen LogP contribution in [0, 0.1) is 0 Å². The van der Waals surface area contributed by atoms with Gasteiger partial charge in [0.15, 0.2) is 0 Å². The van der Waals surface area contributed by atoms with Crippen molar-refractivity contribution < 1.29 is 13.2 Å². The summed E-state index contributed by atoms with van der Waals surface area (Å²) < 4.78 is 34.7. The van der Waals surface area contributed by atoms with Gasteiger partial charge < -0.3 is 15.0 Å². The van der Waals surface area contributed by atoms with Crippen molar-refractivity contribution in [3.05, 3.63) is 59.6 Å². The number of benzene rings is 2. The van der Waals surface area contributed by atoms with E-state index in [1.807, 2.05) is 30.3 Å². The second-order valence-corrected chi connectivity index (χ2v) is 11.4. The van der Waals surface area contributed by atoms with Gasteiger partial charge in [0.05, 0.1) is 12.8 Å². The molecule has 32 heavy (non-hydrogen) atoms. The van der Waals surface area contributed by atoms with Gasteiger partial charge >= 0.3 is 0 Å².